The molecule has 0 aliphatic carbocycles. The van der Waals surface area contributed by atoms with Gasteiger partial charge in [0.2, 0.25) is 0 Å². The zero-order valence-corrected chi connectivity index (χ0v) is 7.06. The summed E-state index contributed by atoms with van der Waals surface area (Å²) < 4.78 is 12.6. The average molecular weight is 210 g/mol. The molecule has 0 aromatic heterocycles. The summed E-state index contributed by atoms with van der Waals surface area (Å²) in [6.45, 7) is 0. The van der Waals surface area contributed by atoms with Crippen LogP contribution in [-0.4, -0.2) is 4.92 Å². The van der Waals surface area contributed by atoms with Gasteiger partial charge >= 0.3 is 0 Å². The molecule has 0 aliphatic rings. The highest BCUT2D eigenvalue weighted by molar-refractivity contribution is 6.36. The van der Waals surface area contributed by atoms with Crippen molar-refractivity contribution in [3.63, 3.8) is 0 Å². The minimum atomic E-state index is -0.854. The monoisotopic (exact) mass is 209 g/mol. The lowest BCUT2D eigenvalue weighted by Crippen LogP contribution is -1.90. The van der Waals surface area contributed by atoms with Crippen LogP contribution in [0.2, 0.25) is 10.0 Å². The molecule has 1 rings (SSSR count). The molecule has 1 aromatic rings. The zero-order chi connectivity index (χ0) is 9.30. The molecule has 0 atom stereocenters. The van der Waals surface area contributed by atoms with Crippen molar-refractivity contribution in [2.24, 2.45) is 0 Å². The van der Waals surface area contributed by atoms with Gasteiger partial charge in [-0.3, -0.25) is 10.1 Å². The summed E-state index contributed by atoms with van der Waals surface area (Å²) in [7, 11) is 0. The summed E-state index contributed by atoms with van der Waals surface area (Å²) in [6, 6.07) is 1.68. The second kappa shape index (κ2) is 3.25. The SMILES string of the molecule is O=[N+]([O-])c1cc(F)c(Cl)cc1Cl. The Bertz CT molecular complexity index is 343. The van der Waals surface area contributed by atoms with Crippen LogP contribution in [0.15, 0.2) is 12.1 Å². The first kappa shape index (κ1) is 9.22. The first-order valence-corrected chi connectivity index (χ1v) is 3.57. The van der Waals surface area contributed by atoms with E-state index in [0.717, 1.165) is 6.07 Å². The standard InChI is InChI=1S/C6H2Cl2FNO2/c7-3-1-4(8)6(10(11)12)2-5(3)9/h1-2H. The first-order valence-electron chi connectivity index (χ1n) is 2.81. The zero-order valence-electron chi connectivity index (χ0n) is 5.55. The molecule has 0 aliphatic heterocycles. The quantitative estimate of drug-likeness (QED) is 0.406. The Labute approximate surface area is 76.9 Å². The number of nitrogens with zero attached hydrogens (tertiary/aromatic N) is 1. The predicted molar refractivity (Wildman–Crippen MR) is 43.1 cm³/mol. The van der Waals surface area contributed by atoms with Crippen molar-refractivity contribution in [1.82, 2.24) is 0 Å². The third kappa shape index (κ3) is 1.65. The summed E-state index contributed by atoms with van der Waals surface area (Å²) in [5.41, 5.74) is -0.487. The summed E-state index contributed by atoms with van der Waals surface area (Å²) in [5, 5.41) is 9.79. The van der Waals surface area contributed by atoms with Crippen LogP contribution in [0, 0.1) is 15.9 Å². The fourth-order valence-corrected chi connectivity index (χ4v) is 1.10. The predicted octanol–water partition coefficient (Wildman–Crippen LogP) is 3.04. The number of benzene rings is 1. The topological polar surface area (TPSA) is 43.1 Å². The van der Waals surface area contributed by atoms with Gasteiger partial charge in [-0.1, -0.05) is 23.2 Å². The van der Waals surface area contributed by atoms with E-state index in [2.05, 4.69) is 0 Å². The van der Waals surface area contributed by atoms with Gasteiger partial charge in [0.15, 0.2) is 0 Å². The summed E-state index contributed by atoms with van der Waals surface area (Å²) in [4.78, 5) is 9.42. The molecule has 3 nitrogen and oxygen atoms in total. The van der Waals surface area contributed by atoms with Crippen molar-refractivity contribution in [3.8, 4) is 0 Å². The Morgan fingerprint density at radius 1 is 1.33 bits per heavy atom. The van der Waals surface area contributed by atoms with Crippen molar-refractivity contribution < 1.29 is 9.31 Å². The van der Waals surface area contributed by atoms with Gasteiger partial charge in [-0.15, -0.1) is 0 Å². The molecule has 6 heteroatoms. The molecule has 0 N–H and O–H groups in total. The summed E-state index contributed by atoms with van der Waals surface area (Å²) in [6.07, 6.45) is 0. The molecule has 0 bridgehead atoms. The number of rotatable bonds is 1. The van der Waals surface area contributed by atoms with E-state index in [1.165, 1.54) is 0 Å². The van der Waals surface area contributed by atoms with Gasteiger partial charge in [0.25, 0.3) is 5.69 Å². The number of hydrogen-bond donors (Lipinski definition) is 0. The van der Waals surface area contributed by atoms with Crippen molar-refractivity contribution in [1.29, 1.82) is 0 Å². The maximum absolute atomic E-state index is 12.6. The van der Waals surface area contributed by atoms with E-state index >= 15 is 0 Å². The van der Waals surface area contributed by atoms with Gasteiger partial charge in [0.05, 0.1) is 16.0 Å². The van der Waals surface area contributed by atoms with Gasteiger partial charge in [0, 0.05) is 0 Å². The minimum absolute atomic E-state index is 0.175. The maximum atomic E-state index is 12.6. The number of nitro groups is 1. The van der Waals surface area contributed by atoms with E-state index in [1.807, 2.05) is 0 Å². The largest absolute Gasteiger partial charge is 0.290 e. The van der Waals surface area contributed by atoms with E-state index < -0.39 is 16.4 Å². The second-order valence-corrected chi connectivity index (χ2v) is 2.79. The maximum Gasteiger partial charge on any atom is 0.290 e. The molecular formula is C6H2Cl2FNO2. The third-order valence-corrected chi connectivity index (χ3v) is 1.78. The highest BCUT2D eigenvalue weighted by Crippen LogP contribution is 2.29. The molecule has 0 saturated heterocycles. The van der Waals surface area contributed by atoms with Crippen molar-refractivity contribution in [2.75, 3.05) is 0 Å². The van der Waals surface area contributed by atoms with Crippen molar-refractivity contribution in [2.45, 2.75) is 0 Å². The van der Waals surface area contributed by atoms with Crippen LogP contribution >= 0.6 is 23.2 Å². The molecule has 1 aromatic carbocycles. The van der Waals surface area contributed by atoms with Gasteiger partial charge < -0.3 is 0 Å². The molecule has 0 radical (unpaired) electrons. The van der Waals surface area contributed by atoms with Crippen LogP contribution in [0.5, 0.6) is 0 Å². The fourth-order valence-electron chi connectivity index (χ4n) is 0.652. The van der Waals surface area contributed by atoms with Gasteiger partial charge in [-0.05, 0) is 6.07 Å². The molecule has 0 saturated carbocycles. The lowest BCUT2D eigenvalue weighted by molar-refractivity contribution is -0.384. The normalized spacial score (nSPS) is 9.92. The van der Waals surface area contributed by atoms with Crippen molar-refractivity contribution >= 4 is 28.9 Å². The molecule has 0 fully saturated rings. The molecular weight excluding hydrogens is 208 g/mol. The number of hydrogen-bond acceptors (Lipinski definition) is 2. The Kier molecular flexibility index (Phi) is 2.49. The molecule has 0 unspecified atom stereocenters. The minimum Gasteiger partial charge on any atom is -0.258 e. The molecule has 0 amide bonds. The average Bonchev–Trinajstić information content (AvgIpc) is 1.96. The number of halogens is 3. The lowest BCUT2D eigenvalue weighted by Gasteiger charge is -1.96. The lowest BCUT2D eigenvalue weighted by atomic mass is 10.3. The van der Waals surface area contributed by atoms with Crippen LogP contribution in [0.25, 0.3) is 0 Å². The highest BCUT2D eigenvalue weighted by atomic mass is 35.5. The highest BCUT2D eigenvalue weighted by Gasteiger charge is 2.15. The van der Waals surface area contributed by atoms with Gasteiger partial charge in [-0.25, -0.2) is 4.39 Å². The smallest absolute Gasteiger partial charge is 0.258 e. The molecule has 0 heterocycles. The molecule has 64 valence electrons. The Balaban J connectivity index is 3.33. The van der Waals surface area contributed by atoms with Crippen LogP contribution in [0.1, 0.15) is 0 Å². The van der Waals surface area contributed by atoms with Crippen LogP contribution in [0.4, 0.5) is 10.1 Å². The fraction of sp³-hybridized carbons (Fsp3) is 0. The second-order valence-electron chi connectivity index (χ2n) is 1.97. The first-order chi connectivity index (χ1) is 5.52. The van der Waals surface area contributed by atoms with E-state index in [0.29, 0.717) is 6.07 Å². The van der Waals surface area contributed by atoms with Gasteiger partial charge in [0.1, 0.15) is 10.8 Å². The Morgan fingerprint density at radius 3 is 2.42 bits per heavy atom. The van der Waals surface area contributed by atoms with E-state index in [9.17, 15) is 14.5 Å². The summed E-state index contributed by atoms with van der Waals surface area (Å²) in [5.74, 6) is -0.854. The van der Waals surface area contributed by atoms with Crippen molar-refractivity contribution in [3.05, 3.63) is 38.1 Å². The van der Waals surface area contributed by atoms with Gasteiger partial charge in [-0.2, -0.15) is 0 Å². The Morgan fingerprint density at radius 2 is 1.92 bits per heavy atom. The third-order valence-electron chi connectivity index (χ3n) is 1.19. The van der Waals surface area contributed by atoms with Crippen LogP contribution in [-0.2, 0) is 0 Å². The Hall–Kier alpha value is -0.870. The van der Waals surface area contributed by atoms with E-state index in [-0.39, 0.29) is 10.0 Å². The van der Waals surface area contributed by atoms with Crippen LogP contribution in [0.3, 0.4) is 0 Å². The number of nitro benzene ring substituents is 1. The van der Waals surface area contributed by atoms with E-state index in [4.69, 9.17) is 23.2 Å². The van der Waals surface area contributed by atoms with E-state index in [1.54, 1.807) is 0 Å². The molecule has 12 heavy (non-hydrogen) atoms. The summed E-state index contributed by atoms with van der Waals surface area (Å²) >= 11 is 10.7. The molecule has 0 spiro atoms. The van der Waals surface area contributed by atoms with Crippen LogP contribution < -0.4 is 0 Å².